The molecule has 17 heavy (non-hydrogen) atoms. The highest BCUT2D eigenvalue weighted by atomic mass is 16.3. The quantitative estimate of drug-likeness (QED) is 0.733. The Labute approximate surface area is 106 Å². The first kappa shape index (κ1) is 12.9. The van der Waals surface area contributed by atoms with Gasteiger partial charge in [0.1, 0.15) is 0 Å². The van der Waals surface area contributed by atoms with Crippen LogP contribution in [0.1, 0.15) is 47.0 Å². The van der Waals surface area contributed by atoms with Crippen molar-refractivity contribution in [2.45, 2.75) is 47.0 Å². The zero-order valence-electron chi connectivity index (χ0n) is 11.7. The third-order valence-electron chi connectivity index (χ3n) is 5.18. The fourth-order valence-electron chi connectivity index (χ4n) is 3.94. The maximum absolute atomic E-state index is 9.15. The predicted octanol–water partition coefficient (Wildman–Crippen LogP) is 3.94. The molecular weight excluding hydrogens is 208 g/mol. The number of hydrogen-bond acceptors (Lipinski definition) is 1. The second-order valence-electron chi connectivity index (χ2n) is 6.41. The van der Waals surface area contributed by atoms with Crippen LogP contribution in [0, 0.1) is 23.2 Å². The summed E-state index contributed by atoms with van der Waals surface area (Å²) in [6.07, 6.45) is 8.71. The Morgan fingerprint density at radius 3 is 2.82 bits per heavy atom. The molecule has 0 saturated heterocycles. The van der Waals surface area contributed by atoms with E-state index in [9.17, 15) is 0 Å². The van der Waals surface area contributed by atoms with Gasteiger partial charge in [-0.1, -0.05) is 43.6 Å². The maximum Gasteiger partial charge on any atom is 0.0639 e. The van der Waals surface area contributed by atoms with Crippen molar-refractivity contribution in [1.82, 2.24) is 0 Å². The molecule has 4 atom stereocenters. The first-order valence-electron chi connectivity index (χ1n) is 6.96. The van der Waals surface area contributed by atoms with Crippen LogP contribution < -0.4 is 0 Å². The van der Waals surface area contributed by atoms with Crippen LogP contribution in [0.3, 0.4) is 0 Å². The predicted molar refractivity (Wildman–Crippen MR) is 72.7 cm³/mol. The van der Waals surface area contributed by atoms with E-state index >= 15 is 0 Å². The second kappa shape index (κ2) is 4.61. The topological polar surface area (TPSA) is 20.2 Å². The normalized spacial score (nSPS) is 41.6. The van der Waals surface area contributed by atoms with Crippen molar-refractivity contribution in [2.75, 3.05) is 6.61 Å². The van der Waals surface area contributed by atoms with E-state index in [0.717, 1.165) is 11.5 Å². The van der Waals surface area contributed by atoms with Crippen LogP contribution in [-0.4, -0.2) is 11.7 Å². The molecule has 1 heteroatoms. The van der Waals surface area contributed by atoms with Gasteiger partial charge in [0.05, 0.1) is 6.61 Å². The Hall–Kier alpha value is -0.560. The van der Waals surface area contributed by atoms with Gasteiger partial charge in [-0.3, -0.25) is 0 Å². The van der Waals surface area contributed by atoms with Crippen LogP contribution in [0.25, 0.3) is 0 Å². The molecule has 1 N–H and O–H groups in total. The summed E-state index contributed by atoms with van der Waals surface area (Å²) in [5.41, 5.74) is 3.25. The molecule has 0 aliphatic heterocycles. The Kier molecular flexibility index (Phi) is 3.49. The molecule has 96 valence electrons. The van der Waals surface area contributed by atoms with Crippen LogP contribution in [0.15, 0.2) is 23.3 Å². The van der Waals surface area contributed by atoms with Gasteiger partial charge in [0, 0.05) is 0 Å². The summed E-state index contributed by atoms with van der Waals surface area (Å²) in [6, 6.07) is 0. The number of hydrogen-bond donors (Lipinski definition) is 1. The van der Waals surface area contributed by atoms with Gasteiger partial charge in [0.25, 0.3) is 0 Å². The third kappa shape index (κ3) is 2.22. The maximum atomic E-state index is 9.15. The lowest BCUT2D eigenvalue weighted by Crippen LogP contribution is -2.42. The lowest BCUT2D eigenvalue weighted by molar-refractivity contribution is 0.0658. The van der Waals surface area contributed by atoms with Crippen LogP contribution in [0.5, 0.6) is 0 Å². The number of rotatable bonds is 3. The van der Waals surface area contributed by atoms with Gasteiger partial charge < -0.3 is 5.11 Å². The molecule has 0 heterocycles. The summed E-state index contributed by atoms with van der Waals surface area (Å²) in [6.45, 7) is 9.35. The van der Waals surface area contributed by atoms with E-state index in [4.69, 9.17) is 5.11 Å². The summed E-state index contributed by atoms with van der Waals surface area (Å²) in [7, 11) is 0. The fraction of sp³-hybridized carbons (Fsp3) is 0.750. The molecule has 0 aromatic rings. The zero-order valence-corrected chi connectivity index (χ0v) is 11.7. The van der Waals surface area contributed by atoms with Crippen molar-refractivity contribution in [3.8, 4) is 0 Å². The SMILES string of the molecule is CCC1(C)CC2C=C(C)C1CC2C=C(C)CO. The molecule has 3 aliphatic carbocycles. The van der Waals surface area contributed by atoms with Crippen LogP contribution in [0.2, 0.25) is 0 Å². The van der Waals surface area contributed by atoms with Gasteiger partial charge in [-0.05, 0) is 49.9 Å². The molecule has 3 aliphatic rings. The highest BCUT2D eigenvalue weighted by molar-refractivity contribution is 5.23. The largest absolute Gasteiger partial charge is 0.392 e. The van der Waals surface area contributed by atoms with Gasteiger partial charge in [0.2, 0.25) is 0 Å². The molecule has 0 amide bonds. The molecule has 2 bridgehead atoms. The van der Waals surface area contributed by atoms with Crippen molar-refractivity contribution in [3.63, 3.8) is 0 Å². The minimum atomic E-state index is 0.210. The second-order valence-corrected chi connectivity index (χ2v) is 6.41. The van der Waals surface area contributed by atoms with Crippen molar-refractivity contribution >= 4 is 0 Å². The minimum absolute atomic E-state index is 0.210. The number of fused-ring (bicyclic) bond motifs is 2. The highest BCUT2D eigenvalue weighted by Crippen LogP contribution is 2.56. The number of allylic oxidation sites excluding steroid dienone is 3. The summed E-state index contributed by atoms with van der Waals surface area (Å²) in [4.78, 5) is 0. The monoisotopic (exact) mass is 234 g/mol. The summed E-state index contributed by atoms with van der Waals surface area (Å²) < 4.78 is 0. The van der Waals surface area contributed by atoms with E-state index in [1.54, 1.807) is 5.57 Å². The van der Waals surface area contributed by atoms with Crippen molar-refractivity contribution in [2.24, 2.45) is 23.2 Å². The summed E-state index contributed by atoms with van der Waals surface area (Å²) in [5.74, 6) is 2.12. The van der Waals surface area contributed by atoms with E-state index in [2.05, 4.69) is 32.9 Å². The van der Waals surface area contributed by atoms with Gasteiger partial charge in [-0.15, -0.1) is 0 Å². The van der Waals surface area contributed by atoms with E-state index in [1.165, 1.54) is 19.3 Å². The smallest absolute Gasteiger partial charge is 0.0639 e. The number of aliphatic hydroxyl groups excluding tert-OH is 1. The average Bonchev–Trinajstić information content (AvgIpc) is 2.31. The van der Waals surface area contributed by atoms with Crippen molar-refractivity contribution in [3.05, 3.63) is 23.3 Å². The van der Waals surface area contributed by atoms with Gasteiger partial charge >= 0.3 is 0 Å². The van der Waals surface area contributed by atoms with Crippen molar-refractivity contribution < 1.29 is 5.11 Å². The molecule has 1 saturated carbocycles. The molecule has 1 nitrogen and oxygen atoms in total. The lowest BCUT2D eigenvalue weighted by Gasteiger charge is -2.52. The first-order valence-corrected chi connectivity index (χ1v) is 6.96. The molecular formula is C16H26O. The fourth-order valence-corrected chi connectivity index (χ4v) is 3.94. The lowest BCUT2D eigenvalue weighted by atomic mass is 9.53. The van der Waals surface area contributed by atoms with Crippen LogP contribution >= 0.6 is 0 Å². The highest BCUT2D eigenvalue weighted by Gasteiger charge is 2.46. The molecule has 3 rings (SSSR count). The Balaban J connectivity index is 2.22. The van der Waals surface area contributed by atoms with Gasteiger partial charge in [0.15, 0.2) is 0 Å². The Morgan fingerprint density at radius 1 is 1.59 bits per heavy atom. The summed E-state index contributed by atoms with van der Waals surface area (Å²) in [5, 5.41) is 9.15. The minimum Gasteiger partial charge on any atom is -0.392 e. The number of aliphatic hydroxyl groups is 1. The molecule has 1 fully saturated rings. The Morgan fingerprint density at radius 2 is 2.29 bits per heavy atom. The first-order chi connectivity index (χ1) is 8.00. The molecule has 4 unspecified atom stereocenters. The van der Waals surface area contributed by atoms with Gasteiger partial charge in [-0.25, -0.2) is 0 Å². The van der Waals surface area contributed by atoms with E-state index in [1.807, 2.05) is 6.92 Å². The molecule has 0 aromatic carbocycles. The van der Waals surface area contributed by atoms with E-state index in [-0.39, 0.29) is 6.61 Å². The molecule has 0 aromatic heterocycles. The Bertz CT molecular complexity index is 353. The average molecular weight is 234 g/mol. The molecule has 0 spiro atoms. The van der Waals surface area contributed by atoms with E-state index < -0.39 is 0 Å². The third-order valence-corrected chi connectivity index (χ3v) is 5.18. The van der Waals surface area contributed by atoms with Gasteiger partial charge in [-0.2, -0.15) is 0 Å². The van der Waals surface area contributed by atoms with Crippen molar-refractivity contribution in [1.29, 1.82) is 0 Å². The van der Waals surface area contributed by atoms with Crippen LogP contribution in [-0.2, 0) is 0 Å². The summed E-state index contributed by atoms with van der Waals surface area (Å²) >= 11 is 0. The van der Waals surface area contributed by atoms with E-state index in [0.29, 0.717) is 17.3 Å². The standard InChI is InChI=1S/C16H26O/c1-5-16(4)9-14-7-12(3)15(16)8-13(14)6-11(2)10-17/h6-7,13-15,17H,5,8-10H2,1-4H3. The molecule has 0 radical (unpaired) electrons. The van der Waals surface area contributed by atoms with Crippen LogP contribution in [0.4, 0.5) is 0 Å². The zero-order chi connectivity index (χ0) is 12.6.